The number of nitrogens with zero attached hydrogens (tertiary/aromatic N) is 1. The van der Waals surface area contributed by atoms with Gasteiger partial charge in [0.25, 0.3) is 0 Å². The summed E-state index contributed by atoms with van der Waals surface area (Å²) in [6.45, 7) is 5.63. The van der Waals surface area contributed by atoms with Crippen LogP contribution in [0.1, 0.15) is 17.5 Å². The van der Waals surface area contributed by atoms with E-state index in [4.69, 9.17) is 9.47 Å². The Morgan fingerprint density at radius 1 is 0.917 bits per heavy atom. The molecule has 1 aliphatic rings. The second kappa shape index (κ2) is 9.26. The topological polar surface area (TPSA) is 21.7 Å². The second-order valence-electron chi connectivity index (χ2n) is 5.97. The summed E-state index contributed by atoms with van der Waals surface area (Å²) in [5.74, 6) is 0.937. The number of ether oxygens (including phenoxy) is 2. The third kappa shape index (κ3) is 5.52. The minimum Gasteiger partial charge on any atom is -0.494 e. The lowest BCUT2D eigenvalue weighted by Crippen LogP contribution is -2.37. The van der Waals surface area contributed by atoms with Crippen molar-refractivity contribution in [3.05, 3.63) is 65.7 Å². The molecule has 1 aliphatic heterocycles. The van der Waals surface area contributed by atoms with Crippen molar-refractivity contribution >= 4 is 12.2 Å². The highest BCUT2D eigenvalue weighted by atomic mass is 16.5. The van der Waals surface area contributed by atoms with Crippen LogP contribution in [0.25, 0.3) is 12.2 Å². The van der Waals surface area contributed by atoms with E-state index in [0.717, 1.165) is 57.2 Å². The molecule has 0 N–H and O–H groups in total. The molecule has 126 valence electrons. The minimum absolute atomic E-state index is 0.753. The molecule has 0 radical (unpaired) electrons. The molecule has 2 aromatic rings. The van der Waals surface area contributed by atoms with Crippen LogP contribution in [0.4, 0.5) is 0 Å². The molecular weight excluding hydrogens is 298 g/mol. The Kier molecular flexibility index (Phi) is 6.46. The number of hydrogen-bond acceptors (Lipinski definition) is 3. The Morgan fingerprint density at radius 2 is 1.67 bits per heavy atom. The van der Waals surface area contributed by atoms with E-state index in [-0.39, 0.29) is 0 Å². The third-order valence-electron chi connectivity index (χ3n) is 4.12. The molecule has 3 nitrogen and oxygen atoms in total. The van der Waals surface area contributed by atoms with E-state index >= 15 is 0 Å². The molecule has 0 amide bonds. The van der Waals surface area contributed by atoms with Crippen LogP contribution in [0.3, 0.4) is 0 Å². The zero-order valence-electron chi connectivity index (χ0n) is 14.1. The Hall–Kier alpha value is -2.10. The smallest absolute Gasteiger partial charge is 0.119 e. The van der Waals surface area contributed by atoms with Crippen LogP contribution in [0.15, 0.2) is 54.6 Å². The van der Waals surface area contributed by atoms with Crippen molar-refractivity contribution < 1.29 is 9.47 Å². The van der Waals surface area contributed by atoms with Crippen molar-refractivity contribution in [2.24, 2.45) is 0 Å². The average molecular weight is 323 g/mol. The second-order valence-corrected chi connectivity index (χ2v) is 5.97. The van der Waals surface area contributed by atoms with Crippen molar-refractivity contribution in [2.75, 3.05) is 39.5 Å². The summed E-state index contributed by atoms with van der Waals surface area (Å²) < 4.78 is 11.3. The summed E-state index contributed by atoms with van der Waals surface area (Å²) in [6, 6.07) is 18.6. The van der Waals surface area contributed by atoms with Crippen LogP contribution in [0, 0.1) is 0 Å². The molecule has 3 heteroatoms. The zero-order valence-corrected chi connectivity index (χ0v) is 14.1. The van der Waals surface area contributed by atoms with Crippen LogP contribution in [-0.4, -0.2) is 44.4 Å². The molecule has 0 aliphatic carbocycles. The van der Waals surface area contributed by atoms with E-state index in [1.165, 1.54) is 5.56 Å². The molecule has 0 atom stereocenters. The van der Waals surface area contributed by atoms with Crippen LogP contribution in [0.5, 0.6) is 5.75 Å². The zero-order chi connectivity index (χ0) is 16.5. The predicted octanol–water partition coefficient (Wildman–Crippen LogP) is 3.96. The van der Waals surface area contributed by atoms with E-state index in [0.29, 0.717) is 0 Å². The van der Waals surface area contributed by atoms with Gasteiger partial charge < -0.3 is 9.47 Å². The summed E-state index contributed by atoms with van der Waals surface area (Å²) in [4.78, 5) is 2.44. The number of benzene rings is 2. The standard InChI is InChI=1S/C21H25NO2/c1-2-6-19(7-3-1)10-11-20-8-4-9-21(18-20)24-15-5-12-22-13-16-23-17-14-22/h1-4,6-11,18H,5,12-17H2. The minimum atomic E-state index is 0.753. The average Bonchev–Trinajstić information content (AvgIpc) is 2.66. The molecule has 0 aromatic heterocycles. The number of hydrogen-bond donors (Lipinski definition) is 0. The van der Waals surface area contributed by atoms with E-state index < -0.39 is 0 Å². The third-order valence-corrected chi connectivity index (χ3v) is 4.12. The number of rotatable bonds is 7. The fraction of sp³-hybridized carbons (Fsp3) is 0.333. The maximum atomic E-state index is 5.90. The van der Waals surface area contributed by atoms with Gasteiger partial charge in [-0.3, -0.25) is 4.90 Å². The van der Waals surface area contributed by atoms with Crippen LogP contribution >= 0.6 is 0 Å². The molecule has 2 aromatic carbocycles. The lowest BCUT2D eigenvalue weighted by Gasteiger charge is -2.26. The van der Waals surface area contributed by atoms with Gasteiger partial charge in [-0.1, -0.05) is 54.6 Å². The van der Waals surface area contributed by atoms with Gasteiger partial charge in [-0.25, -0.2) is 0 Å². The molecular formula is C21H25NO2. The van der Waals surface area contributed by atoms with E-state index in [9.17, 15) is 0 Å². The van der Waals surface area contributed by atoms with Gasteiger partial charge in [0.1, 0.15) is 5.75 Å². The van der Waals surface area contributed by atoms with Gasteiger partial charge in [-0.15, -0.1) is 0 Å². The van der Waals surface area contributed by atoms with Crippen molar-refractivity contribution in [3.63, 3.8) is 0 Å². The molecule has 0 spiro atoms. The van der Waals surface area contributed by atoms with Gasteiger partial charge >= 0.3 is 0 Å². The van der Waals surface area contributed by atoms with Crippen LogP contribution in [0.2, 0.25) is 0 Å². The molecule has 0 saturated carbocycles. The molecule has 24 heavy (non-hydrogen) atoms. The maximum Gasteiger partial charge on any atom is 0.119 e. The van der Waals surface area contributed by atoms with Crippen molar-refractivity contribution in [1.29, 1.82) is 0 Å². The van der Waals surface area contributed by atoms with Crippen molar-refractivity contribution in [1.82, 2.24) is 4.90 Å². The highest BCUT2D eigenvalue weighted by Gasteiger charge is 2.09. The SMILES string of the molecule is C(=Cc1cccc(OCCCN2CCOCC2)c1)c1ccccc1. The largest absolute Gasteiger partial charge is 0.494 e. The Labute approximate surface area is 144 Å². The molecule has 0 unspecified atom stereocenters. The molecule has 1 fully saturated rings. The van der Waals surface area contributed by atoms with E-state index in [1.54, 1.807) is 0 Å². The maximum absolute atomic E-state index is 5.90. The van der Waals surface area contributed by atoms with Crippen molar-refractivity contribution in [2.45, 2.75) is 6.42 Å². The van der Waals surface area contributed by atoms with Gasteiger partial charge in [0.05, 0.1) is 19.8 Å². The quantitative estimate of drug-likeness (QED) is 0.569. The molecule has 3 rings (SSSR count). The van der Waals surface area contributed by atoms with Gasteiger partial charge in [-0.2, -0.15) is 0 Å². The van der Waals surface area contributed by atoms with Crippen LogP contribution < -0.4 is 4.74 Å². The highest BCUT2D eigenvalue weighted by molar-refractivity contribution is 5.70. The summed E-state index contributed by atoms with van der Waals surface area (Å²) in [7, 11) is 0. The number of morpholine rings is 1. The van der Waals surface area contributed by atoms with E-state index in [1.807, 2.05) is 30.3 Å². The van der Waals surface area contributed by atoms with Gasteiger partial charge in [-0.05, 0) is 29.7 Å². The van der Waals surface area contributed by atoms with E-state index in [2.05, 4.69) is 41.3 Å². The van der Waals surface area contributed by atoms with Gasteiger partial charge in [0.15, 0.2) is 0 Å². The predicted molar refractivity (Wildman–Crippen MR) is 99.2 cm³/mol. The first-order valence-corrected chi connectivity index (χ1v) is 8.66. The lowest BCUT2D eigenvalue weighted by atomic mass is 10.1. The Bertz CT molecular complexity index is 633. The Morgan fingerprint density at radius 3 is 2.50 bits per heavy atom. The normalized spacial score (nSPS) is 15.7. The summed E-state index contributed by atoms with van der Waals surface area (Å²) >= 11 is 0. The first-order chi connectivity index (χ1) is 11.9. The Balaban J connectivity index is 1.45. The summed E-state index contributed by atoms with van der Waals surface area (Å²) in [5, 5.41) is 0. The fourth-order valence-corrected chi connectivity index (χ4v) is 2.77. The first kappa shape index (κ1) is 16.7. The van der Waals surface area contributed by atoms with Crippen LogP contribution in [-0.2, 0) is 4.74 Å². The van der Waals surface area contributed by atoms with Gasteiger partial charge in [0, 0.05) is 19.6 Å². The molecule has 0 bridgehead atoms. The highest BCUT2D eigenvalue weighted by Crippen LogP contribution is 2.16. The molecule has 1 saturated heterocycles. The summed E-state index contributed by atoms with van der Waals surface area (Å²) in [5.41, 5.74) is 2.36. The summed E-state index contributed by atoms with van der Waals surface area (Å²) in [6.07, 6.45) is 5.29. The monoisotopic (exact) mass is 323 g/mol. The van der Waals surface area contributed by atoms with Gasteiger partial charge in [0.2, 0.25) is 0 Å². The molecule has 1 heterocycles. The first-order valence-electron chi connectivity index (χ1n) is 8.66. The fourth-order valence-electron chi connectivity index (χ4n) is 2.77. The lowest BCUT2D eigenvalue weighted by molar-refractivity contribution is 0.0358. The van der Waals surface area contributed by atoms with Crippen molar-refractivity contribution in [3.8, 4) is 5.75 Å².